The zero-order valence-corrected chi connectivity index (χ0v) is 15.3. The van der Waals surface area contributed by atoms with Gasteiger partial charge in [-0.25, -0.2) is 14.2 Å². The first-order valence-corrected chi connectivity index (χ1v) is 8.83. The van der Waals surface area contributed by atoms with Gasteiger partial charge in [0.05, 0.1) is 18.1 Å². The predicted octanol–water partition coefficient (Wildman–Crippen LogP) is 2.62. The molecule has 1 aliphatic rings. The van der Waals surface area contributed by atoms with E-state index in [0.717, 1.165) is 0 Å². The third-order valence-electron chi connectivity index (χ3n) is 4.34. The smallest absolute Gasteiger partial charge is 0.316 e. The number of benzene rings is 2. The van der Waals surface area contributed by atoms with E-state index in [4.69, 9.17) is 0 Å². The van der Waals surface area contributed by atoms with Gasteiger partial charge in [0.2, 0.25) is 6.17 Å². The van der Waals surface area contributed by atoms with Crippen LogP contribution in [-0.4, -0.2) is 44.1 Å². The Morgan fingerprint density at radius 1 is 1.14 bits per heavy atom. The van der Waals surface area contributed by atoms with E-state index in [9.17, 15) is 18.4 Å². The van der Waals surface area contributed by atoms with E-state index in [-0.39, 0.29) is 24.2 Å². The molecule has 1 aliphatic heterocycles. The molecule has 0 aliphatic carbocycles. The Balaban J connectivity index is 2.02. The Kier molecular flexibility index (Phi) is 5.98. The number of hydrogen-bond acceptors (Lipinski definition) is 3. The molecule has 2 aromatic rings. The zero-order chi connectivity index (χ0) is 20.1. The van der Waals surface area contributed by atoms with E-state index in [0.29, 0.717) is 11.3 Å². The van der Waals surface area contributed by atoms with Gasteiger partial charge in [0.1, 0.15) is 5.82 Å². The summed E-state index contributed by atoms with van der Waals surface area (Å²) in [4.78, 5) is 30.7. The van der Waals surface area contributed by atoms with Crippen LogP contribution in [0.2, 0.25) is 0 Å². The molecule has 3 rings (SSSR count). The molecule has 146 valence electrons. The van der Waals surface area contributed by atoms with E-state index in [1.54, 1.807) is 49.5 Å². The predicted molar refractivity (Wildman–Crippen MR) is 103 cm³/mol. The van der Waals surface area contributed by atoms with Gasteiger partial charge in [-0.1, -0.05) is 30.3 Å². The summed E-state index contributed by atoms with van der Waals surface area (Å²) in [5.74, 6) is -0.960. The van der Waals surface area contributed by atoms with Crippen molar-refractivity contribution in [3.63, 3.8) is 0 Å². The number of amides is 3. The maximum absolute atomic E-state index is 14.5. The highest BCUT2D eigenvalue weighted by atomic mass is 19.1. The molecule has 1 heterocycles. The molecule has 0 saturated heterocycles. The maximum atomic E-state index is 14.5. The van der Waals surface area contributed by atoms with Crippen molar-refractivity contribution in [1.82, 2.24) is 10.6 Å². The topological polar surface area (TPSA) is 73.8 Å². The second kappa shape index (κ2) is 8.60. The number of fused-ring (bicyclic) bond motifs is 1. The number of aliphatic imine (C=N–C) groups is 1. The molecule has 8 heteroatoms. The average molecular weight is 386 g/mol. The highest BCUT2D eigenvalue weighted by Crippen LogP contribution is 2.27. The van der Waals surface area contributed by atoms with Gasteiger partial charge in [0.15, 0.2) is 0 Å². The number of likely N-dealkylation sites (N-methyl/N-ethyl adjacent to an activating group) is 1. The fourth-order valence-electron chi connectivity index (χ4n) is 2.93. The average Bonchev–Trinajstić information content (AvgIpc) is 2.80. The van der Waals surface area contributed by atoms with Crippen molar-refractivity contribution in [3.8, 4) is 0 Å². The van der Waals surface area contributed by atoms with E-state index >= 15 is 0 Å². The number of hydrogen-bond donors (Lipinski definition) is 2. The Morgan fingerprint density at radius 2 is 1.82 bits per heavy atom. The maximum Gasteiger partial charge on any atom is 0.316 e. The van der Waals surface area contributed by atoms with Crippen molar-refractivity contribution in [2.24, 2.45) is 4.99 Å². The normalized spacial score (nSPS) is 16.1. The van der Waals surface area contributed by atoms with E-state index < -0.39 is 30.6 Å². The van der Waals surface area contributed by atoms with Gasteiger partial charge in [0.25, 0.3) is 5.91 Å². The van der Waals surface area contributed by atoms with E-state index in [2.05, 4.69) is 15.6 Å². The lowest BCUT2D eigenvalue weighted by Gasteiger charge is -2.20. The molecule has 0 radical (unpaired) electrons. The number of urea groups is 1. The number of carbonyl (C=O) groups excluding carboxylic acids is 2. The number of anilines is 1. The summed E-state index contributed by atoms with van der Waals surface area (Å²) in [5.41, 5.74) is 1.62. The summed E-state index contributed by atoms with van der Waals surface area (Å²) < 4.78 is 26.7. The van der Waals surface area contributed by atoms with Gasteiger partial charge >= 0.3 is 6.03 Å². The molecule has 0 bridgehead atoms. The number of rotatable bonds is 5. The highest BCUT2D eigenvalue weighted by molar-refractivity contribution is 6.20. The van der Waals surface area contributed by atoms with Gasteiger partial charge in [0, 0.05) is 24.7 Å². The molecule has 0 fully saturated rings. The first kappa shape index (κ1) is 19.5. The summed E-state index contributed by atoms with van der Waals surface area (Å²) in [6, 6.07) is 12.5. The Morgan fingerprint density at radius 3 is 2.54 bits per heavy atom. The van der Waals surface area contributed by atoms with Gasteiger partial charge in [-0.3, -0.25) is 9.18 Å². The van der Waals surface area contributed by atoms with Crippen molar-refractivity contribution in [1.29, 1.82) is 0 Å². The van der Waals surface area contributed by atoms with Crippen LogP contribution in [0.15, 0.2) is 53.5 Å². The van der Waals surface area contributed by atoms with Crippen molar-refractivity contribution < 1.29 is 18.4 Å². The molecular formula is C20H20F2N4O2. The van der Waals surface area contributed by atoms with Crippen molar-refractivity contribution in [2.75, 3.05) is 25.2 Å². The van der Waals surface area contributed by atoms with Crippen LogP contribution in [-0.2, 0) is 4.79 Å². The molecule has 1 unspecified atom stereocenters. The van der Waals surface area contributed by atoms with Crippen LogP contribution in [0.1, 0.15) is 17.5 Å². The largest absolute Gasteiger partial charge is 0.338 e. The molecule has 28 heavy (non-hydrogen) atoms. The first-order chi connectivity index (χ1) is 13.5. The molecule has 2 N–H and O–H groups in total. The molecule has 1 atom stereocenters. The number of benzodiazepines with no additional fused rings is 1. The van der Waals surface area contributed by atoms with Crippen LogP contribution in [0, 0.1) is 5.82 Å². The summed E-state index contributed by atoms with van der Waals surface area (Å²) in [6.07, 6.45) is -1.08. The van der Waals surface area contributed by atoms with Crippen LogP contribution < -0.4 is 15.5 Å². The quantitative estimate of drug-likeness (QED) is 0.776. The SMILES string of the molecule is CN1C(=O)C(NC(=O)NCCCF)N=C(c2ccccc2F)c2ccccc21. The molecular weight excluding hydrogens is 366 g/mol. The summed E-state index contributed by atoms with van der Waals surface area (Å²) in [7, 11) is 1.57. The first-order valence-electron chi connectivity index (χ1n) is 8.83. The van der Waals surface area contributed by atoms with E-state index in [1.165, 1.54) is 11.0 Å². The fourth-order valence-corrected chi connectivity index (χ4v) is 2.93. The van der Waals surface area contributed by atoms with Crippen molar-refractivity contribution in [3.05, 3.63) is 65.5 Å². The third kappa shape index (κ3) is 4.00. The number of carbonyl (C=O) groups is 2. The lowest BCUT2D eigenvalue weighted by Crippen LogP contribution is -2.49. The lowest BCUT2D eigenvalue weighted by atomic mass is 10.00. The van der Waals surface area contributed by atoms with Crippen LogP contribution in [0.3, 0.4) is 0 Å². The van der Waals surface area contributed by atoms with E-state index in [1.807, 2.05) is 0 Å². The van der Waals surface area contributed by atoms with Crippen molar-refractivity contribution >= 4 is 23.3 Å². The van der Waals surface area contributed by atoms with Gasteiger partial charge in [-0.15, -0.1) is 0 Å². The molecule has 3 amide bonds. The summed E-state index contributed by atoms with van der Waals surface area (Å²) in [6.45, 7) is -0.431. The minimum Gasteiger partial charge on any atom is -0.338 e. The number of nitrogens with zero attached hydrogens (tertiary/aromatic N) is 2. The summed E-state index contributed by atoms with van der Waals surface area (Å²) in [5, 5.41) is 4.95. The van der Waals surface area contributed by atoms with Crippen LogP contribution in [0.5, 0.6) is 0 Å². The van der Waals surface area contributed by atoms with Gasteiger partial charge < -0.3 is 15.5 Å². The fraction of sp³-hybridized carbons (Fsp3) is 0.250. The monoisotopic (exact) mass is 386 g/mol. The standard InChI is InChI=1S/C20H20F2N4O2/c1-26-16-10-5-3-8-14(16)17(13-7-2-4-9-15(13)22)24-18(19(26)27)25-20(28)23-12-6-11-21/h2-5,7-10,18H,6,11-12H2,1H3,(H2,23,25,28). The minimum absolute atomic E-state index is 0.128. The lowest BCUT2D eigenvalue weighted by molar-refractivity contribution is -0.119. The Bertz CT molecular complexity index is 917. The van der Waals surface area contributed by atoms with Crippen LogP contribution in [0.25, 0.3) is 0 Å². The van der Waals surface area contributed by atoms with Gasteiger partial charge in [-0.05, 0) is 24.6 Å². The number of para-hydroxylation sites is 1. The number of alkyl halides is 1. The van der Waals surface area contributed by atoms with Crippen LogP contribution in [0.4, 0.5) is 19.3 Å². The summed E-state index contributed by atoms with van der Waals surface area (Å²) >= 11 is 0. The molecule has 0 aromatic heterocycles. The molecule has 0 spiro atoms. The zero-order valence-electron chi connectivity index (χ0n) is 15.3. The second-order valence-corrected chi connectivity index (χ2v) is 6.22. The number of nitrogens with one attached hydrogen (secondary N) is 2. The molecule has 2 aromatic carbocycles. The third-order valence-corrected chi connectivity index (χ3v) is 4.34. The van der Waals surface area contributed by atoms with Crippen LogP contribution >= 0.6 is 0 Å². The minimum atomic E-state index is -1.25. The molecule has 0 saturated carbocycles. The number of halogens is 2. The molecule has 6 nitrogen and oxygen atoms in total. The van der Waals surface area contributed by atoms with Crippen molar-refractivity contribution in [2.45, 2.75) is 12.6 Å². The Labute approximate surface area is 161 Å². The second-order valence-electron chi connectivity index (χ2n) is 6.22. The van der Waals surface area contributed by atoms with Gasteiger partial charge in [-0.2, -0.15) is 0 Å². The Hall–Kier alpha value is -3.29. The highest BCUT2D eigenvalue weighted by Gasteiger charge is 2.31.